The average Bonchev–Trinajstić information content (AvgIpc) is 3.11. The minimum absolute atomic E-state index is 0. The van der Waals surface area contributed by atoms with Gasteiger partial charge >= 0.3 is 12.1 Å². The van der Waals surface area contributed by atoms with Gasteiger partial charge in [-0.3, -0.25) is 0 Å². The lowest BCUT2D eigenvalue weighted by atomic mass is 9.43. The van der Waals surface area contributed by atoms with Crippen LogP contribution in [0.25, 0.3) is 0 Å². The summed E-state index contributed by atoms with van der Waals surface area (Å²) in [5.41, 5.74) is 0.285. The van der Waals surface area contributed by atoms with E-state index in [9.17, 15) is 23.1 Å². The van der Waals surface area contributed by atoms with Crippen molar-refractivity contribution in [1.82, 2.24) is 0 Å². The van der Waals surface area contributed by atoms with E-state index in [1.54, 1.807) is 0 Å². The number of fused-ring (bicyclic) bond motifs is 5. The molecular weight excluding hydrogens is 465 g/mol. The molecule has 3 nitrogen and oxygen atoms in total. The summed E-state index contributed by atoms with van der Waals surface area (Å²) < 4.78 is 43.1. The third-order valence-corrected chi connectivity index (χ3v) is 11.3. The van der Waals surface area contributed by atoms with Crippen molar-refractivity contribution in [2.75, 3.05) is 0 Å². The van der Waals surface area contributed by atoms with Gasteiger partial charge in [-0.05, 0) is 116 Å². The molecule has 6 heteroatoms. The van der Waals surface area contributed by atoms with E-state index in [4.69, 9.17) is 4.74 Å². The number of aliphatic hydroxyl groups excluding tert-OH is 1. The minimum Gasteiger partial charge on any atom is -0.456 e. The number of carbonyl (C=O) groups is 1. The second kappa shape index (κ2) is 10.1. The summed E-state index contributed by atoms with van der Waals surface area (Å²) in [6, 6.07) is 0. The highest BCUT2D eigenvalue weighted by Gasteiger charge is 2.64. The van der Waals surface area contributed by atoms with E-state index in [0.29, 0.717) is 47.8 Å². The van der Waals surface area contributed by atoms with Crippen LogP contribution in [0.1, 0.15) is 113 Å². The highest BCUT2D eigenvalue weighted by molar-refractivity contribution is 5.75. The van der Waals surface area contributed by atoms with Crippen LogP contribution < -0.4 is 0 Å². The van der Waals surface area contributed by atoms with Gasteiger partial charge in [-0.25, -0.2) is 4.79 Å². The highest BCUT2D eigenvalue weighted by atomic mass is 19.4. The van der Waals surface area contributed by atoms with Gasteiger partial charge in [0.1, 0.15) is 6.10 Å². The Labute approximate surface area is 217 Å². The average molecular weight is 517 g/mol. The second-order valence-electron chi connectivity index (χ2n) is 14.3. The van der Waals surface area contributed by atoms with E-state index in [2.05, 4.69) is 41.5 Å². The number of ether oxygens (including phenoxy) is 1. The van der Waals surface area contributed by atoms with E-state index in [-0.39, 0.29) is 30.3 Å². The number of rotatable bonds is 4. The van der Waals surface area contributed by atoms with Gasteiger partial charge in [0.2, 0.25) is 0 Å². The molecule has 0 spiro atoms. The molecule has 0 aromatic heterocycles. The molecule has 210 valence electrons. The van der Waals surface area contributed by atoms with Crippen molar-refractivity contribution in [2.45, 2.75) is 132 Å². The maximum absolute atomic E-state index is 12.7. The highest BCUT2D eigenvalue weighted by Crippen LogP contribution is 2.68. The summed E-state index contributed by atoms with van der Waals surface area (Å²) in [6.07, 6.45) is 3.55. The Balaban J connectivity index is 0.00000361. The third-order valence-electron chi connectivity index (χ3n) is 11.3. The van der Waals surface area contributed by atoms with E-state index in [1.165, 1.54) is 25.7 Å². The first-order valence-electron chi connectivity index (χ1n) is 14.0. The van der Waals surface area contributed by atoms with Crippen molar-refractivity contribution in [3.63, 3.8) is 0 Å². The van der Waals surface area contributed by atoms with E-state index >= 15 is 0 Å². The maximum Gasteiger partial charge on any atom is 0.490 e. The quantitative estimate of drug-likeness (QED) is 0.383. The van der Waals surface area contributed by atoms with Crippen molar-refractivity contribution in [3.05, 3.63) is 0 Å². The number of alkyl halides is 3. The molecule has 4 fully saturated rings. The van der Waals surface area contributed by atoms with Crippen molar-refractivity contribution < 1.29 is 27.8 Å². The first-order chi connectivity index (χ1) is 16.1. The molecule has 0 aliphatic heterocycles. The molecular formula is C30H51F3O3. The molecule has 4 saturated carbocycles. The van der Waals surface area contributed by atoms with E-state index in [1.807, 2.05) is 0 Å². The van der Waals surface area contributed by atoms with Gasteiger partial charge < -0.3 is 9.84 Å². The Morgan fingerprint density at radius 1 is 1.03 bits per heavy atom. The lowest BCUT2D eigenvalue weighted by molar-refractivity contribution is -0.213. The molecule has 4 aliphatic rings. The molecule has 0 saturated heterocycles. The fourth-order valence-electron chi connectivity index (χ4n) is 9.33. The van der Waals surface area contributed by atoms with Crippen LogP contribution in [0.3, 0.4) is 0 Å². The van der Waals surface area contributed by atoms with Crippen molar-refractivity contribution >= 4 is 5.97 Å². The fraction of sp³-hybridized carbons (Fsp3) is 0.967. The molecule has 1 N–H and O–H groups in total. The standard InChI is InChI=1S/C29H47F3O3.CH4/c1-17(11-13-26(2,3)4)21-9-10-22-20-8-7-18-15-19(35-25(34)29(30,31)32)12-14-27(18,5)23(20)16-24(33)28(21,22)6;/h17-24,33H,7-16H2,1-6H3;1H4/t17-,18-,19-,20+,21-,22+,23+,24+,27+,28-;/m1./s1. The predicted octanol–water partition coefficient (Wildman–Crippen LogP) is 8.19. The maximum atomic E-state index is 12.7. The summed E-state index contributed by atoms with van der Waals surface area (Å²) in [4.78, 5) is 11.4. The summed E-state index contributed by atoms with van der Waals surface area (Å²) in [5, 5.41) is 11.7. The van der Waals surface area contributed by atoms with Crippen LogP contribution in [0, 0.1) is 51.8 Å². The van der Waals surface area contributed by atoms with Crippen LogP contribution in [-0.4, -0.2) is 29.5 Å². The van der Waals surface area contributed by atoms with Crippen LogP contribution >= 0.6 is 0 Å². The SMILES string of the molecule is C.C[C@H](CCC(C)(C)C)[C@H]1CC[C@H]2[C@@H]3CC[C@@H]4C[C@H](OC(=O)C(F)(F)F)CC[C@]4(C)[C@H]3C[C@H](O)[C@]12C. The van der Waals surface area contributed by atoms with E-state index in [0.717, 1.165) is 25.7 Å². The number of halogens is 3. The zero-order valence-corrected chi connectivity index (χ0v) is 22.6. The molecule has 0 bridgehead atoms. The molecule has 4 aliphatic carbocycles. The number of carbonyl (C=O) groups excluding carboxylic acids is 1. The lowest BCUT2D eigenvalue weighted by Gasteiger charge is -2.62. The topological polar surface area (TPSA) is 46.5 Å². The van der Waals surface area contributed by atoms with Crippen LogP contribution in [-0.2, 0) is 9.53 Å². The van der Waals surface area contributed by atoms with Gasteiger partial charge in [0.15, 0.2) is 0 Å². The van der Waals surface area contributed by atoms with Gasteiger partial charge in [-0.1, -0.05) is 49.0 Å². The van der Waals surface area contributed by atoms with Gasteiger partial charge in [0.25, 0.3) is 0 Å². The number of hydrogen-bond acceptors (Lipinski definition) is 3. The van der Waals surface area contributed by atoms with Gasteiger partial charge in [-0.2, -0.15) is 13.2 Å². The molecule has 0 unspecified atom stereocenters. The van der Waals surface area contributed by atoms with Gasteiger partial charge in [0, 0.05) is 0 Å². The van der Waals surface area contributed by atoms with Crippen LogP contribution in [0.2, 0.25) is 0 Å². The fourth-order valence-corrected chi connectivity index (χ4v) is 9.33. The number of esters is 1. The first-order valence-corrected chi connectivity index (χ1v) is 14.0. The van der Waals surface area contributed by atoms with Gasteiger partial charge in [0.05, 0.1) is 6.10 Å². The van der Waals surface area contributed by atoms with Crippen LogP contribution in [0.15, 0.2) is 0 Å². The number of aliphatic hydroxyl groups is 1. The zero-order chi connectivity index (χ0) is 26.0. The summed E-state index contributed by atoms with van der Waals surface area (Å²) in [5.74, 6) is 0.854. The third kappa shape index (κ3) is 5.23. The Morgan fingerprint density at radius 2 is 1.69 bits per heavy atom. The predicted molar refractivity (Wildman–Crippen MR) is 137 cm³/mol. The van der Waals surface area contributed by atoms with Gasteiger partial charge in [-0.15, -0.1) is 0 Å². The molecule has 0 aromatic carbocycles. The summed E-state index contributed by atoms with van der Waals surface area (Å²) in [7, 11) is 0. The summed E-state index contributed by atoms with van der Waals surface area (Å²) in [6.45, 7) is 14.0. The Kier molecular flexibility index (Phi) is 8.33. The van der Waals surface area contributed by atoms with Crippen LogP contribution in [0.4, 0.5) is 13.2 Å². The summed E-state index contributed by atoms with van der Waals surface area (Å²) >= 11 is 0. The molecule has 10 atom stereocenters. The molecule has 36 heavy (non-hydrogen) atoms. The monoisotopic (exact) mass is 516 g/mol. The molecule has 4 rings (SSSR count). The molecule has 0 radical (unpaired) electrons. The molecule has 0 amide bonds. The zero-order valence-electron chi connectivity index (χ0n) is 22.6. The van der Waals surface area contributed by atoms with Crippen molar-refractivity contribution in [2.24, 2.45) is 51.8 Å². The smallest absolute Gasteiger partial charge is 0.456 e. The first kappa shape index (κ1) is 29.8. The Bertz CT molecular complexity index is 789. The minimum atomic E-state index is -4.93. The number of hydrogen-bond donors (Lipinski definition) is 1. The normalized spacial score (nSPS) is 43.4. The Hall–Kier alpha value is -0.780. The Morgan fingerprint density at radius 3 is 2.31 bits per heavy atom. The molecule has 0 aromatic rings. The van der Waals surface area contributed by atoms with Crippen LogP contribution in [0.5, 0.6) is 0 Å². The van der Waals surface area contributed by atoms with E-state index < -0.39 is 18.2 Å². The molecule has 0 heterocycles. The van der Waals surface area contributed by atoms with Crippen molar-refractivity contribution in [3.8, 4) is 0 Å². The van der Waals surface area contributed by atoms with Crippen molar-refractivity contribution in [1.29, 1.82) is 0 Å². The lowest BCUT2D eigenvalue weighted by Crippen LogP contribution is -2.59. The largest absolute Gasteiger partial charge is 0.490 e. The second-order valence-corrected chi connectivity index (χ2v) is 14.3.